The summed E-state index contributed by atoms with van der Waals surface area (Å²) in [5, 5.41) is 7.30. The maximum Gasteiger partial charge on any atom is 0.255 e. The summed E-state index contributed by atoms with van der Waals surface area (Å²) in [5.41, 5.74) is 2.33. The van der Waals surface area contributed by atoms with Crippen molar-refractivity contribution in [2.24, 2.45) is 0 Å². The lowest BCUT2D eigenvalue weighted by Crippen LogP contribution is -2.48. The van der Waals surface area contributed by atoms with Crippen LogP contribution >= 0.6 is 0 Å². The Bertz CT molecular complexity index is 840. The Morgan fingerprint density at radius 3 is 2.88 bits per heavy atom. The summed E-state index contributed by atoms with van der Waals surface area (Å²) in [7, 11) is 0. The largest absolute Gasteiger partial charge is 0.352 e. The Hall–Kier alpha value is -2.64. The minimum Gasteiger partial charge on any atom is -0.352 e. The molecule has 2 aromatic heterocycles. The lowest BCUT2D eigenvalue weighted by atomic mass is 10.1. The highest BCUT2D eigenvalue weighted by Gasteiger charge is 2.23. The predicted molar refractivity (Wildman–Crippen MR) is 99.3 cm³/mol. The number of aromatic nitrogens is 4. The Morgan fingerprint density at radius 1 is 1.38 bits per heavy atom. The van der Waals surface area contributed by atoms with Crippen LogP contribution in [0.5, 0.6) is 0 Å². The third-order valence-electron chi connectivity index (χ3n) is 4.95. The van der Waals surface area contributed by atoms with Gasteiger partial charge < -0.3 is 10.2 Å². The number of nitrogens with zero attached hydrogens (tertiary/aromatic N) is 4. The fourth-order valence-electron chi connectivity index (χ4n) is 3.21. The van der Waals surface area contributed by atoms with Crippen LogP contribution in [0.4, 0.5) is 5.95 Å². The molecule has 1 amide bonds. The number of nitrogens with one attached hydrogen (secondary N) is 2. The van der Waals surface area contributed by atoms with Crippen LogP contribution < -0.4 is 15.8 Å². The molecule has 1 saturated heterocycles. The zero-order valence-electron chi connectivity index (χ0n) is 15.6. The molecule has 1 fully saturated rings. The van der Waals surface area contributed by atoms with E-state index in [-0.39, 0.29) is 17.5 Å². The second-order valence-electron chi connectivity index (χ2n) is 6.90. The molecule has 1 aliphatic rings. The van der Waals surface area contributed by atoms with Gasteiger partial charge in [-0.2, -0.15) is 5.10 Å². The van der Waals surface area contributed by atoms with Crippen LogP contribution in [0, 0.1) is 20.8 Å². The van der Waals surface area contributed by atoms with Crippen LogP contribution in [0.25, 0.3) is 0 Å². The summed E-state index contributed by atoms with van der Waals surface area (Å²) in [4.78, 5) is 33.6. The highest BCUT2D eigenvalue weighted by molar-refractivity contribution is 5.76. The number of H-pyrrole nitrogens is 1. The third-order valence-corrected chi connectivity index (χ3v) is 4.95. The van der Waals surface area contributed by atoms with Crippen molar-refractivity contribution in [2.45, 2.75) is 52.6 Å². The number of rotatable bonds is 5. The minimum absolute atomic E-state index is 0.0216. The zero-order chi connectivity index (χ0) is 18.7. The first-order valence-electron chi connectivity index (χ1n) is 9.04. The van der Waals surface area contributed by atoms with Crippen molar-refractivity contribution < 1.29 is 4.79 Å². The van der Waals surface area contributed by atoms with Crippen LogP contribution in [0.15, 0.2) is 17.1 Å². The quantitative estimate of drug-likeness (QED) is 0.833. The number of aromatic amines is 1. The van der Waals surface area contributed by atoms with Crippen LogP contribution in [0.2, 0.25) is 0 Å². The molecule has 0 bridgehead atoms. The Morgan fingerprint density at radius 2 is 2.19 bits per heavy atom. The van der Waals surface area contributed by atoms with Crippen molar-refractivity contribution in [3.8, 4) is 0 Å². The second-order valence-corrected chi connectivity index (χ2v) is 6.90. The van der Waals surface area contributed by atoms with Crippen molar-refractivity contribution >= 4 is 11.9 Å². The average molecular weight is 358 g/mol. The summed E-state index contributed by atoms with van der Waals surface area (Å²) < 4.78 is 1.83. The van der Waals surface area contributed by atoms with Gasteiger partial charge in [-0.25, -0.2) is 4.98 Å². The summed E-state index contributed by atoms with van der Waals surface area (Å²) in [5.74, 6) is 0.609. The SMILES string of the molecule is Cc1nc(N2CCCC(NC(=O)CCn3nccc3C)C2)[nH]c(=O)c1C. The number of amides is 1. The van der Waals surface area contributed by atoms with E-state index < -0.39 is 0 Å². The normalized spacial score (nSPS) is 17.3. The van der Waals surface area contributed by atoms with Crippen molar-refractivity contribution in [3.63, 3.8) is 0 Å². The van der Waals surface area contributed by atoms with Gasteiger partial charge in [0.05, 0.1) is 0 Å². The van der Waals surface area contributed by atoms with E-state index in [0.717, 1.165) is 30.8 Å². The second kappa shape index (κ2) is 7.72. The molecule has 2 N–H and O–H groups in total. The fourth-order valence-corrected chi connectivity index (χ4v) is 3.21. The van der Waals surface area contributed by atoms with E-state index >= 15 is 0 Å². The van der Waals surface area contributed by atoms with Crippen LogP contribution in [-0.2, 0) is 11.3 Å². The first-order chi connectivity index (χ1) is 12.4. The first kappa shape index (κ1) is 18.2. The van der Waals surface area contributed by atoms with Gasteiger partial charge in [0.2, 0.25) is 11.9 Å². The monoisotopic (exact) mass is 358 g/mol. The van der Waals surface area contributed by atoms with Crippen LogP contribution in [-0.4, -0.2) is 44.8 Å². The predicted octanol–water partition coefficient (Wildman–Crippen LogP) is 1.07. The van der Waals surface area contributed by atoms with E-state index in [1.165, 1.54) is 0 Å². The molecule has 0 spiro atoms. The molecular formula is C18H26N6O2. The molecule has 26 heavy (non-hydrogen) atoms. The fraction of sp³-hybridized carbons (Fsp3) is 0.556. The van der Waals surface area contributed by atoms with E-state index in [0.29, 0.717) is 31.0 Å². The lowest BCUT2D eigenvalue weighted by molar-refractivity contribution is -0.122. The smallest absolute Gasteiger partial charge is 0.255 e. The van der Waals surface area contributed by atoms with Crippen LogP contribution in [0.3, 0.4) is 0 Å². The molecule has 3 heterocycles. The zero-order valence-corrected chi connectivity index (χ0v) is 15.6. The molecule has 1 unspecified atom stereocenters. The van der Waals surface area contributed by atoms with Crippen molar-refractivity contribution in [1.82, 2.24) is 25.1 Å². The van der Waals surface area contributed by atoms with Gasteiger partial charge in [-0.05, 0) is 39.7 Å². The molecule has 1 atom stereocenters. The molecule has 0 aliphatic carbocycles. The maximum atomic E-state index is 12.3. The van der Waals surface area contributed by atoms with Gasteiger partial charge in [0.15, 0.2) is 0 Å². The van der Waals surface area contributed by atoms with Gasteiger partial charge in [0.1, 0.15) is 0 Å². The number of carbonyl (C=O) groups is 1. The third kappa shape index (κ3) is 4.12. The number of hydrogen-bond acceptors (Lipinski definition) is 5. The lowest BCUT2D eigenvalue weighted by Gasteiger charge is -2.33. The molecule has 0 aromatic carbocycles. The van der Waals surface area contributed by atoms with E-state index in [1.807, 2.05) is 29.5 Å². The topological polar surface area (TPSA) is 95.9 Å². The van der Waals surface area contributed by atoms with Crippen LogP contribution in [0.1, 0.15) is 36.2 Å². The van der Waals surface area contributed by atoms with E-state index in [1.54, 1.807) is 13.1 Å². The summed E-state index contributed by atoms with van der Waals surface area (Å²) >= 11 is 0. The van der Waals surface area contributed by atoms with Gasteiger partial charge in [-0.1, -0.05) is 0 Å². The van der Waals surface area contributed by atoms with Gasteiger partial charge in [-0.3, -0.25) is 19.3 Å². The standard InChI is InChI=1S/C18H26N6O2/c1-12-6-8-19-24(12)10-7-16(25)21-15-5-4-9-23(11-15)18-20-14(3)13(2)17(26)22-18/h6,8,15H,4-5,7,9-11H2,1-3H3,(H,21,25)(H,20,22,26). The minimum atomic E-state index is -0.103. The van der Waals surface area contributed by atoms with Crippen molar-refractivity contribution in [3.05, 3.63) is 39.6 Å². The molecular weight excluding hydrogens is 332 g/mol. The van der Waals surface area contributed by atoms with Crippen molar-refractivity contribution in [2.75, 3.05) is 18.0 Å². The number of anilines is 1. The van der Waals surface area contributed by atoms with Gasteiger partial charge >= 0.3 is 0 Å². The molecule has 8 heteroatoms. The molecule has 0 radical (unpaired) electrons. The van der Waals surface area contributed by atoms with E-state index in [4.69, 9.17) is 0 Å². The van der Waals surface area contributed by atoms with Gasteiger partial charge in [-0.15, -0.1) is 0 Å². The van der Waals surface area contributed by atoms with Gasteiger partial charge in [0.25, 0.3) is 5.56 Å². The average Bonchev–Trinajstić information content (AvgIpc) is 3.02. The number of aryl methyl sites for hydroxylation is 3. The van der Waals surface area contributed by atoms with Crippen molar-refractivity contribution in [1.29, 1.82) is 0 Å². The maximum absolute atomic E-state index is 12.3. The molecule has 0 saturated carbocycles. The summed E-state index contributed by atoms with van der Waals surface area (Å²) in [6.45, 7) is 7.64. The highest BCUT2D eigenvalue weighted by Crippen LogP contribution is 2.16. The Kier molecular flexibility index (Phi) is 5.39. The Labute approximate surface area is 152 Å². The highest BCUT2D eigenvalue weighted by atomic mass is 16.1. The number of hydrogen-bond donors (Lipinski definition) is 2. The molecule has 2 aromatic rings. The van der Waals surface area contributed by atoms with E-state index in [9.17, 15) is 9.59 Å². The molecule has 3 rings (SSSR count). The molecule has 140 valence electrons. The Balaban J connectivity index is 1.57. The summed E-state index contributed by atoms with van der Waals surface area (Å²) in [6.07, 6.45) is 4.01. The van der Waals surface area contributed by atoms with E-state index in [2.05, 4.69) is 20.4 Å². The molecule has 8 nitrogen and oxygen atoms in total. The summed E-state index contributed by atoms with van der Waals surface area (Å²) in [6, 6.07) is 1.98. The molecule has 1 aliphatic heterocycles. The first-order valence-corrected chi connectivity index (χ1v) is 9.04. The van der Waals surface area contributed by atoms with Gasteiger partial charge in [0, 0.05) is 55.2 Å². The number of piperidine rings is 1. The number of carbonyl (C=O) groups excluding carboxylic acids is 1.